The van der Waals surface area contributed by atoms with Gasteiger partial charge in [-0.3, -0.25) is 4.79 Å². The molecule has 1 aromatic rings. The van der Waals surface area contributed by atoms with E-state index >= 15 is 0 Å². The molecule has 0 spiro atoms. The molecule has 1 heterocycles. The van der Waals surface area contributed by atoms with E-state index in [1.165, 1.54) is 11.1 Å². The van der Waals surface area contributed by atoms with E-state index in [-0.39, 0.29) is 17.4 Å². The van der Waals surface area contributed by atoms with Crippen molar-refractivity contribution in [2.45, 2.75) is 33.7 Å². The number of carbonyl (C=O) groups excluding carboxylic acids is 1. The molecule has 1 aliphatic carbocycles. The molecule has 2 fully saturated rings. The lowest BCUT2D eigenvalue weighted by atomic mass is 10.0. The highest BCUT2D eigenvalue weighted by Gasteiger charge is 2.67. The number of fused-ring (bicyclic) bond motifs is 1. The summed E-state index contributed by atoms with van der Waals surface area (Å²) in [7, 11) is 0. The van der Waals surface area contributed by atoms with Gasteiger partial charge in [0.2, 0.25) is 5.91 Å². The van der Waals surface area contributed by atoms with Crippen LogP contribution in [0.2, 0.25) is 0 Å². The van der Waals surface area contributed by atoms with E-state index in [4.69, 9.17) is 0 Å². The molecule has 2 aliphatic rings. The minimum Gasteiger partial charge on any atom is -0.335 e. The fraction of sp³-hybridized carbons (Fsp3) is 0.562. The molecule has 3 rings (SSSR count). The summed E-state index contributed by atoms with van der Waals surface area (Å²) in [6.45, 7) is 9.61. The van der Waals surface area contributed by atoms with Crippen LogP contribution in [0.1, 0.15) is 37.9 Å². The number of likely N-dealkylation sites (tertiary alicyclic amines) is 1. The quantitative estimate of drug-likeness (QED) is 0.781. The van der Waals surface area contributed by atoms with Crippen LogP contribution < -0.4 is 0 Å². The minimum atomic E-state index is 0.209. The summed E-state index contributed by atoms with van der Waals surface area (Å²) in [5.41, 5.74) is 2.76. The van der Waals surface area contributed by atoms with E-state index in [0.29, 0.717) is 11.8 Å². The Morgan fingerprint density at radius 3 is 2.67 bits per heavy atom. The fourth-order valence-corrected chi connectivity index (χ4v) is 3.51. The van der Waals surface area contributed by atoms with Gasteiger partial charge in [-0.2, -0.15) is 0 Å². The molecule has 96 valence electrons. The maximum absolute atomic E-state index is 12.4. The standard InChI is InChI=1S/C16H21NO/c1-10-6-5-7-12(8-10)11(2)17-9-13-14(15(17)18)16(13,3)4/h5-8,11,13-14H,9H2,1-4H3. The van der Waals surface area contributed by atoms with Crippen LogP contribution in [0, 0.1) is 24.2 Å². The van der Waals surface area contributed by atoms with Gasteiger partial charge in [0.1, 0.15) is 0 Å². The molecule has 2 heteroatoms. The zero-order chi connectivity index (χ0) is 13.1. The predicted molar refractivity (Wildman–Crippen MR) is 72.1 cm³/mol. The summed E-state index contributed by atoms with van der Waals surface area (Å²) in [6.07, 6.45) is 0. The minimum absolute atomic E-state index is 0.209. The molecule has 1 saturated heterocycles. The Bertz CT molecular complexity index is 506. The zero-order valence-electron chi connectivity index (χ0n) is 11.6. The van der Waals surface area contributed by atoms with E-state index in [2.05, 4.69) is 56.9 Å². The smallest absolute Gasteiger partial charge is 0.227 e. The van der Waals surface area contributed by atoms with Crippen molar-refractivity contribution in [3.05, 3.63) is 35.4 Å². The Balaban J connectivity index is 1.80. The highest BCUT2D eigenvalue weighted by molar-refractivity contribution is 5.86. The van der Waals surface area contributed by atoms with Gasteiger partial charge < -0.3 is 4.90 Å². The summed E-state index contributed by atoms with van der Waals surface area (Å²) in [6, 6.07) is 8.70. The van der Waals surface area contributed by atoms with Crippen molar-refractivity contribution in [2.24, 2.45) is 17.3 Å². The first-order valence-electron chi connectivity index (χ1n) is 6.80. The molecule has 1 saturated carbocycles. The third kappa shape index (κ3) is 1.51. The van der Waals surface area contributed by atoms with Gasteiger partial charge in [-0.25, -0.2) is 0 Å². The maximum atomic E-state index is 12.4. The van der Waals surface area contributed by atoms with Gasteiger partial charge in [-0.1, -0.05) is 43.7 Å². The number of hydrogen-bond donors (Lipinski definition) is 0. The van der Waals surface area contributed by atoms with Crippen molar-refractivity contribution in [1.29, 1.82) is 0 Å². The first-order valence-corrected chi connectivity index (χ1v) is 6.80. The number of carbonyl (C=O) groups is 1. The third-order valence-corrected chi connectivity index (χ3v) is 4.99. The number of hydrogen-bond acceptors (Lipinski definition) is 1. The van der Waals surface area contributed by atoms with Crippen molar-refractivity contribution in [2.75, 3.05) is 6.54 Å². The number of benzene rings is 1. The number of piperidine rings is 1. The van der Waals surface area contributed by atoms with Gasteiger partial charge in [0, 0.05) is 12.5 Å². The van der Waals surface area contributed by atoms with Crippen molar-refractivity contribution < 1.29 is 4.79 Å². The van der Waals surface area contributed by atoms with E-state index in [1.807, 2.05) is 0 Å². The molecular weight excluding hydrogens is 222 g/mol. The Morgan fingerprint density at radius 2 is 2.11 bits per heavy atom. The fourth-order valence-electron chi connectivity index (χ4n) is 3.51. The average Bonchev–Trinajstić information content (AvgIpc) is 2.66. The topological polar surface area (TPSA) is 20.3 Å². The highest BCUT2D eigenvalue weighted by atomic mass is 16.2. The van der Waals surface area contributed by atoms with Crippen LogP contribution in [0.5, 0.6) is 0 Å². The lowest BCUT2D eigenvalue weighted by Crippen LogP contribution is -2.34. The molecule has 18 heavy (non-hydrogen) atoms. The van der Waals surface area contributed by atoms with Crippen LogP contribution in [-0.4, -0.2) is 17.4 Å². The summed E-state index contributed by atoms with van der Waals surface area (Å²) >= 11 is 0. The largest absolute Gasteiger partial charge is 0.335 e. The van der Waals surface area contributed by atoms with Crippen LogP contribution in [0.25, 0.3) is 0 Å². The lowest BCUT2D eigenvalue weighted by Gasteiger charge is -2.29. The van der Waals surface area contributed by atoms with Crippen molar-refractivity contribution in [3.63, 3.8) is 0 Å². The normalized spacial score (nSPS) is 30.2. The second kappa shape index (κ2) is 3.59. The van der Waals surface area contributed by atoms with Crippen LogP contribution in [0.4, 0.5) is 0 Å². The SMILES string of the molecule is Cc1cccc(C(C)N2CC3C(C2=O)C3(C)C)c1. The first kappa shape index (κ1) is 11.8. The van der Waals surface area contributed by atoms with Gasteiger partial charge in [0.05, 0.1) is 6.04 Å². The molecule has 0 radical (unpaired) electrons. The van der Waals surface area contributed by atoms with Crippen molar-refractivity contribution in [3.8, 4) is 0 Å². The van der Waals surface area contributed by atoms with Crippen LogP contribution in [0.3, 0.4) is 0 Å². The summed E-state index contributed by atoms with van der Waals surface area (Å²) < 4.78 is 0. The Kier molecular flexibility index (Phi) is 2.35. The first-order chi connectivity index (χ1) is 8.43. The van der Waals surface area contributed by atoms with E-state index in [9.17, 15) is 4.79 Å². The van der Waals surface area contributed by atoms with E-state index < -0.39 is 0 Å². The molecule has 3 unspecified atom stereocenters. The molecular formula is C16H21NO. The van der Waals surface area contributed by atoms with Crippen molar-refractivity contribution in [1.82, 2.24) is 4.90 Å². The van der Waals surface area contributed by atoms with Gasteiger partial charge >= 0.3 is 0 Å². The molecule has 3 atom stereocenters. The molecule has 0 bridgehead atoms. The summed E-state index contributed by atoms with van der Waals surface area (Å²) in [5.74, 6) is 1.22. The predicted octanol–water partition coefficient (Wildman–Crippen LogP) is 3.17. The molecule has 1 aromatic carbocycles. The molecule has 0 aromatic heterocycles. The Labute approximate surface area is 109 Å². The number of aryl methyl sites for hydroxylation is 1. The Hall–Kier alpha value is -1.31. The van der Waals surface area contributed by atoms with Gasteiger partial charge in [0.15, 0.2) is 0 Å². The van der Waals surface area contributed by atoms with E-state index in [0.717, 1.165) is 6.54 Å². The molecule has 0 N–H and O–H groups in total. The van der Waals surface area contributed by atoms with Gasteiger partial charge in [-0.05, 0) is 30.7 Å². The maximum Gasteiger partial charge on any atom is 0.227 e. The van der Waals surface area contributed by atoms with Gasteiger partial charge in [-0.15, -0.1) is 0 Å². The monoisotopic (exact) mass is 243 g/mol. The average molecular weight is 243 g/mol. The Morgan fingerprint density at radius 1 is 1.39 bits per heavy atom. The highest BCUT2D eigenvalue weighted by Crippen LogP contribution is 2.63. The third-order valence-electron chi connectivity index (χ3n) is 4.99. The molecule has 1 amide bonds. The van der Waals surface area contributed by atoms with Crippen molar-refractivity contribution >= 4 is 5.91 Å². The summed E-state index contributed by atoms with van der Waals surface area (Å²) in [4.78, 5) is 14.5. The molecule has 2 nitrogen and oxygen atoms in total. The number of amides is 1. The zero-order valence-corrected chi connectivity index (χ0v) is 11.6. The second-order valence-corrected chi connectivity index (χ2v) is 6.49. The number of rotatable bonds is 2. The van der Waals surface area contributed by atoms with E-state index in [1.54, 1.807) is 0 Å². The summed E-state index contributed by atoms with van der Waals surface area (Å²) in [5, 5.41) is 0. The van der Waals surface area contributed by atoms with Crippen LogP contribution >= 0.6 is 0 Å². The number of nitrogens with zero attached hydrogens (tertiary/aromatic N) is 1. The second-order valence-electron chi connectivity index (χ2n) is 6.49. The molecule has 1 aliphatic heterocycles. The van der Waals surface area contributed by atoms with Gasteiger partial charge in [0.25, 0.3) is 0 Å². The van der Waals surface area contributed by atoms with Crippen LogP contribution in [0.15, 0.2) is 24.3 Å². The lowest BCUT2D eigenvalue weighted by molar-refractivity contribution is -0.133. The van der Waals surface area contributed by atoms with Crippen LogP contribution in [-0.2, 0) is 4.79 Å².